The Morgan fingerprint density at radius 2 is 2.00 bits per heavy atom. The lowest BCUT2D eigenvalue weighted by Gasteiger charge is -2.12. The van der Waals surface area contributed by atoms with Gasteiger partial charge in [0.05, 0.1) is 12.3 Å². The molecule has 1 aliphatic rings. The van der Waals surface area contributed by atoms with Gasteiger partial charge in [0.25, 0.3) is 0 Å². The molecule has 1 heterocycles. The summed E-state index contributed by atoms with van der Waals surface area (Å²) >= 11 is 0. The zero-order chi connectivity index (χ0) is 12.8. The van der Waals surface area contributed by atoms with Crippen molar-refractivity contribution in [1.29, 1.82) is 0 Å². The highest BCUT2D eigenvalue weighted by Crippen LogP contribution is 2.47. The molecule has 0 aliphatic heterocycles. The van der Waals surface area contributed by atoms with E-state index in [1.54, 1.807) is 4.68 Å². The fraction of sp³-hybridized carbons (Fsp3) is 0.357. The first-order chi connectivity index (χ1) is 8.64. The SMILES string of the molecule is Cn1nc(-c2ccc(C3(CO)CC3)cc2)cc1N. The molecule has 0 atom stereocenters. The number of anilines is 1. The van der Waals surface area contributed by atoms with Crippen LogP contribution in [0.1, 0.15) is 18.4 Å². The lowest BCUT2D eigenvalue weighted by atomic mass is 9.95. The van der Waals surface area contributed by atoms with Crippen molar-refractivity contribution in [3.8, 4) is 11.3 Å². The Hall–Kier alpha value is -1.81. The summed E-state index contributed by atoms with van der Waals surface area (Å²) in [6.45, 7) is 0.239. The summed E-state index contributed by atoms with van der Waals surface area (Å²) in [6, 6.07) is 10.1. The number of hydrogen-bond acceptors (Lipinski definition) is 3. The summed E-state index contributed by atoms with van der Waals surface area (Å²) in [4.78, 5) is 0. The number of nitrogens with two attached hydrogens (primary N) is 1. The minimum Gasteiger partial charge on any atom is -0.395 e. The summed E-state index contributed by atoms with van der Waals surface area (Å²) < 4.78 is 1.67. The molecule has 18 heavy (non-hydrogen) atoms. The molecular weight excluding hydrogens is 226 g/mol. The van der Waals surface area contributed by atoms with Gasteiger partial charge >= 0.3 is 0 Å². The van der Waals surface area contributed by atoms with Gasteiger partial charge in [-0.05, 0) is 18.4 Å². The second-order valence-electron chi connectivity index (χ2n) is 5.09. The average molecular weight is 243 g/mol. The first-order valence-corrected chi connectivity index (χ1v) is 6.16. The fourth-order valence-corrected chi connectivity index (χ4v) is 2.31. The van der Waals surface area contributed by atoms with E-state index < -0.39 is 0 Å². The lowest BCUT2D eigenvalue weighted by Crippen LogP contribution is -2.11. The smallest absolute Gasteiger partial charge is 0.121 e. The Labute approximate surface area is 106 Å². The van der Waals surface area contributed by atoms with Gasteiger partial charge < -0.3 is 10.8 Å². The van der Waals surface area contributed by atoms with Crippen LogP contribution in [0.25, 0.3) is 11.3 Å². The van der Waals surface area contributed by atoms with Crippen LogP contribution in [-0.4, -0.2) is 21.5 Å². The van der Waals surface area contributed by atoms with Gasteiger partial charge in [-0.15, -0.1) is 0 Å². The number of aromatic nitrogens is 2. The van der Waals surface area contributed by atoms with Gasteiger partial charge in [0.2, 0.25) is 0 Å². The number of nitrogen functional groups attached to an aromatic ring is 1. The first-order valence-electron chi connectivity index (χ1n) is 6.16. The maximum Gasteiger partial charge on any atom is 0.121 e. The van der Waals surface area contributed by atoms with Gasteiger partial charge in [-0.2, -0.15) is 5.10 Å². The number of aryl methyl sites for hydroxylation is 1. The Bertz CT molecular complexity index is 548. The molecule has 0 amide bonds. The van der Waals surface area contributed by atoms with Crippen molar-refractivity contribution in [2.24, 2.45) is 7.05 Å². The van der Waals surface area contributed by atoms with E-state index in [-0.39, 0.29) is 12.0 Å². The number of benzene rings is 1. The second-order valence-corrected chi connectivity index (χ2v) is 5.09. The summed E-state index contributed by atoms with van der Waals surface area (Å²) in [7, 11) is 1.83. The van der Waals surface area contributed by atoms with Crippen LogP contribution in [0.4, 0.5) is 5.82 Å². The third-order valence-corrected chi connectivity index (χ3v) is 3.87. The van der Waals surface area contributed by atoms with E-state index in [1.807, 2.05) is 25.2 Å². The van der Waals surface area contributed by atoms with E-state index in [0.717, 1.165) is 24.1 Å². The Morgan fingerprint density at radius 1 is 1.33 bits per heavy atom. The highest BCUT2D eigenvalue weighted by atomic mass is 16.3. The van der Waals surface area contributed by atoms with Gasteiger partial charge in [0.1, 0.15) is 5.82 Å². The molecule has 1 aromatic heterocycles. The van der Waals surface area contributed by atoms with Crippen LogP contribution >= 0.6 is 0 Å². The first kappa shape index (κ1) is 11.3. The topological polar surface area (TPSA) is 64.1 Å². The fourth-order valence-electron chi connectivity index (χ4n) is 2.31. The maximum atomic E-state index is 9.40. The average Bonchev–Trinajstić information content (AvgIpc) is 3.12. The van der Waals surface area contributed by atoms with Gasteiger partial charge in [0.15, 0.2) is 0 Å². The van der Waals surface area contributed by atoms with Gasteiger partial charge in [-0.25, -0.2) is 0 Å². The highest BCUT2D eigenvalue weighted by Gasteiger charge is 2.43. The largest absolute Gasteiger partial charge is 0.395 e. The monoisotopic (exact) mass is 243 g/mol. The van der Waals surface area contributed by atoms with E-state index in [0.29, 0.717) is 5.82 Å². The molecule has 0 saturated heterocycles. The van der Waals surface area contributed by atoms with Gasteiger partial charge in [0, 0.05) is 24.1 Å². The summed E-state index contributed by atoms with van der Waals surface area (Å²) in [6.07, 6.45) is 2.17. The summed E-state index contributed by atoms with van der Waals surface area (Å²) in [5, 5.41) is 13.8. The van der Waals surface area contributed by atoms with Crippen LogP contribution in [0, 0.1) is 0 Å². The summed E-state index contributed by atoms with van der Waals surface area (Å²) in [5.74, 6) is 0.656. The molecule has 1 saturated carbocycles. The molecule has 4 heteroatoms. The van der Waals surface area contributed by atoms with Crippen LogP contribution in [0.15, 0.2) is 30.3 Å². The van der Waals surface area contributed by atoms with Gasteiger partial charge in [-0.3, -0.25) is 4.68 Å². The Kier molecular flexibility index (Phi) is 2.41. The molecule has 1 fully saturated rings. The van der Waals surface area contributed by atoms with Crippen molar-refractivity contribution >= 4 is 5.82 Å². The predicted molar refractivity (Wildman–Crippen MR) is 71.1 cm³/mol. The van der Waals surface area contributed by atoms with E-state index in [2.05, 4.69) is 17.2 Å². The molecule has 1 aliphatic carbocycles. The molecule has 94 valence electrons. The molecule has 0 bridgehead atoms. The van der Waals surface area contributed by atoms with Crippen molar-refractivity contribution in [2.45, 2.75) is 18.3 Å². The zero-order valence-electron chi connectivity index (χ0n) is 10.4. The van der Waals surface area contributed by atoms with Crippen LogP contribution in [0.2, 0.25) is 0 Å². The van der Waals surface area contributed by atoms with E-state index >= 15 is 0 Å². The number of hydrogen-bond donors (Lipinski definition) is 2. The number of rotatable bonds is 3. The van der Waals surface area contributed by atoms with Crippen LogP contribution in [-0.2, 0) is 12.5 Å². The minimum atomic E-state index is 0.0294. The molecule has 3 N–H and O–H groups in total. The Balaban J connectivity index is 1.91. The van der Waals surface area contributed by atoms with Crippen molar-refractivity contribution in [3.05, 3.63) is 35.9 Å². The molecular formula is C14H17N3O. The van der Waals surface area contributed by atoms with Crippen molar-refractivity contribution < 1.29 is 5.11 Å². The molecule has 0 spiro atoms. The Morgan fingerprint density at radius 3 is 2.44 bits per heavy atom. The van der Waals surface area contributed by atoms with Gasteiger partial charge in [-0.1, -0.05) is 24.3 Å². The third-order valence-electron chi connectivity index (χ3n) is 3.87. The second kappa shape index (κ2) is 3.85. The lowest BCUT2D eigenvalue weighted by molar-refractivity contribution is 0.255. The van der Waals surface area contributed by atoms with E-state index in [4.69, 9.17) is 5.73 Å². The minimum absolute atomic E-state index is 0.0294. The predicted octanol–water partition coefficient (Wildman–Crippen LogP) is 1.69. The summed E-state index contributed by atoms with van der Waals surface area (Å²) in [5.41, 5.74) is 8.97. The zero-order valence-corrected chi connectivity index (χ0v) is 10.4. The van der Waals surface area contributed by atoms with E-state index in [1.165, 1.54) is 5.56 Å². The quantitative estimate of drug-likeness (QED) is 0.862. The van der Waals surface area contributed by atoms with Crippen LogP contribution < -0.4 is 5.73 Å². The van der Waals surface area contributed by atoms with Crippen LogP contribution in [0.3, 0.4) is 0 Å². The van der Waals surface area contributed by atoms with Crippen molar-refractivity contribution in [1.82, 2.24) is 9.78 Å². The maximum absolute atomic E-state index is 9.40. The van der Waals surface area contributed by atoms with Crippen LogP contribution in [0.5, 0.6) is 0 Å². The molecule has 4 nitrogen and oxygen atoms in total. The molecule has 3 rings (SSSR count). The highest BCUT2D eigenvalue weighted by molar-refractivity contribution is 5.63. The van der Waals surface area contributed by atoms with Crippen molar-refractivity contribution in [3.63, 3.8) is 0 Å². The molecule has 0 radical (unpaired) electrons. The normalized spacial score (nSPS) is 16.8. The van der Waals surface area contributed by atoms with E-state index in [9.17, 15) is 5.11 Å². The number of nitrogens with zero attached hydrogens (tertiary/aromatic N) is 2. The molecule has 1 aromatic carbocycles. The third kappa shape index (κ3) is 1.69. The standard InChI is InChI=1S/C14H17N3O/c1-17-13(15)8-12(16-17)10-2-4-11(5-3-10)14(9-18)6-7-14/h2-5,8,18H,6-7,9,15H2,1H3. The number of aliphatic hydroxyl groups excluding tert-OH is 1. The van der Waals surface area contributed by atoms with Crippen molar-refractivity contribution in [2.75, 3.05) is 12.3 Å². The molecule has 0 unspecified atom stereocenters. The molecule has 2 aromatic rings. The number of aliphatic hydroxyl groups is 1.